The molecule has 0 aliphatic carbocycles. The summed E-state index contributed by atoms with van der Waals surface area (Å²) in [7, 11) is 0. The molecular weight excluding hydrogens is 560 g/mol. The number of nitrogens with one attached hydrogen (secondary N) is 1. The largest absolute Gasteiger partial charge is 0.462 e. The van der Waals surface area contributed by atoms with E-state index in [1.165, 1.54) is 38.5 Å². The molecule has 1 aromatic heterocycles. The Hall–Kier alpha value is -2.53. The van der Waals surface area contributed by atoms with E-state index in [9.17, 15) is 14.8 Å². The molecule has 0 fully saturated rings. The highest BCUT2D eigenvalue weighted by atomic mass is 16.6. The number of carbonyl (C=O) groups excluding carboxylic acids is 2. The highest BCUT2D eigenvalue weighted by molar-refractivity contribution is 5.99. The summed E-state index contributed by atoms with van der Waals surface area (Å²) in [6.45, 7) is 7.82. The number of nitrogens with two attached hydrogens (primary N) is 1. The van der Waals surface area contributed by atoms with Crippen LogP contribution in [-0.2, 0) is 14.3 Å². The number of hydrogen-bond donors (Lipinski definition) is 3. The van der Waals surface area contributed by atoms with Crippen molar-refractivity contribution in [2.24, 2.45) is 4.99 Å². The number of aliphatic imine (C=N–C) groups is 1. The molecule has 0 aliphatic heterocycles. The predicted molar refractivity (Wildman–Crippen MR) is 176 cm³/mol. The van der Waals surface area contributed by atoms with Crippen LogP contribution in [0.25, 0.3) is 0 Å². The second-order valence-corrected chi connectivity index (χ2v) is 11.9. The van der Waals surface area contributed by atoms with Crippen LogP contribution >= 0.6 is 0 Å². The van der Waals surface area contributed by atoms with Crippen LogP contribution < -0.4 is 11.2 Å². The fourth-order valence-corrected chi connectivity index (χ4v) is 5.32. The fraction of sp³-hybridized carbons (Fsp3) is 0.848. The van der Waals surface area contributed by atoms with Gasteiger partial charge in [-0.3, -0.25) is 20.5 Å². The van der Waals surface area contributed by atoms with Crippen LogP contribution in [-0.4, -0.2) is 70.8 Å². The summed E-state index contributed by atoms with van der Waals surface area (Å²) in [5.74, 6) is 0.188. The van der Waals surface area contributed by atoms with Gasteiger partial charge in [-0.25, -0.2) is 4.63 Å². The normalized spacial score (nSPS) is 12.5. The summed E-state index contributed by atoms with van der Waals surface area (Å²) in [6, 6.07) is 0. The molecule has 1 heterocycles. The van der Waals surface area contributed by atoms with E-state index < -0.39 is 0 Å². The van der Waals surface area contributed by atoms with Gasteiger partial charge < -0.3 is 20.2 Å². The maximum Gasteiger partial charge on any atom is 0.306 e. The average molecular weight is 623 g/mol. The van der Waals surface area contributed by atoms with Crippen LogP contribution in [0.15, 0.2) is 9.62 Å². The Labute approximate surface area is 266 Å². The number of ether oxygens (including phenoxy) is 1. The van der Waals surface area contributed by atoms with Gasteiger partial charge in [-0.2, -0.15) is 0 Å². The zero-order valence-electron chi connectivity index (χ0n) is 27.8. The van der Waals surface area contributed by atoms with Gasteiger partial charge in [0.1, 0.15) is 12.4 Å². The molecule has 4 N–H and O–H groups in total. The molecule has 0 saturated heterocycles. The van der Waals surface area contributed by atoms with Gasteiger partial charge in [0.15, 0.2) is 17.3 Å². The van der Waals surface area contributed by atoms with Crippen molar-refractivity contribution in [1.29, 1.82) is 0 Å². The van der Waals surface area contributed by atoms with Crippen LogP contribution in [0.5, 0.6) is 0 Å². The van der Waals surface area contributed by atoms with Crippen molar-refractivity contribution < 1.29 is 24.2 Å². The smallest absolute Gasteiger partial charge is 0.306 e. The lowest BCUT2D eigenvalue weighted by Gasteiger charge is -2.22. The number of esters is 1. The molecule has 1 aromatic rings. The first kappa shape index (κ1) is 39.5. The van der Waals surface area contributed by atoms with Crippen molar-refractivity contribution in [1.82, 2.24) is 20.7 Å². The summed E-state index contributed by atoms with van der Waals surface area (Å²) >= 11 is 0. The molecule has 0 aliphatic rings. The van der Waals surface area contributed by atoms with Crippen molar-refractivity contribution in [3.8, 4) is 0 Å². The molecule has 0 saturated carbocycles. The molecule has 1 rings (SSSR count). The molecule has 0 spiro atoms. The first-order valence-corrected chi connectivity index (χ1v) is 17.4. The lowest BCUT2D eigenvalue weighted by molar-refractivity contribution is -0.149. The van der Waals surface area contributed by atoms with Gasteiger partial charge in [0.05, 0.1) is 0 Å². The Kier molecular flexibility index (Phi) is 25.1. The number of hydroxylamine groups is 1. The maximum absolute atomic E-state index is 12.3. The maximum atomic E-state index is 12.3. The number of aromatic nitrogens is 2. The first-order chi connectivity index (χ1) is 21.5. The molecular formula is C33H62N6O5. The lowest BCUT2D eigenvalue weighted by Crippen LogP contribution is -2.28. The molecule has 11 nitrogen and oxygen atoms in total. The second-order valence-electron chi connectivity index (χ2n) is 11.9. The van der Waals surface area contributed by atoms with Crippen LogP contribution in [0.3, 0.4) is 0 Å². The monoisotopic (exact) mass is 622 g/mol. The van der Waals surface area contributed by atoms with Crippen LogP contribution in [0.2, 0.25) is 0 Å². The Bertz CT molecular complexity index is 865. The van der Waals surface area contributed by atoms with Gasteiger partial charge in [-0.15, -0.1) is 0 Å². The van der Waals surface area contributed by atoms with Gasteiger partial charge in [0, 0.05) is 19.4 Å². The number of nitrogen functional groups attached to an aromatic ring is 1. The van der Waals surface area contributed by atoms with E-state index in [4.69, 9.17) is 10.5 Å². The Balaban J connectivity index is 2.30. The minimum absolute atomic E-state index is 0.0371. The number of anilines is 1. The fourth-order valence-electron chi connectivity index (χ4n) is 5.32. The van der Waals surface area contributed by atoms with Gasteiger partial charge in [-0.1, -0.05) is 84.5 Å². The minimum Gasteiger partial charge on any atom is -0.462 e. The quantitative estimate of drug-likeness (QED) is 0.0203. The predicted octanol–water partition coefficient (Wildman–Crippen LogP) is 7.02. The van der Waals surface area contributed by atoms with Gasteiger partial charge in [0.2, 0.25) is 0 Å². The molecule has 254 valence electrons. The van der Waals surface area contributed by atoms with E-state index in [-0.39, 0.29) is 29.4 Å². The first-order valence-electron chi connectivity index (χ1n) is 17.4. The topological polar surface area (TPSA) is 156 Å². The molecule has 44 heavy (non-hydrogen) atoms. The Morgan fingerprint density at radius 3 is 2.14 bits per heavy atom. The van der Waals surface area contributed by atoms with Crippen molar-refractivity contribution in [3.63, 3.8) is 0 Å². The van der Waals surface area contributed by atoms with E-state index in [0.29, 0.717) is 19.4 Å². The zero-order chi connectivity index (χ0) is 32.1. The molecule has 0 radical (unpaired) electrons. The van der Waals surface area contributed by atoms with Crippen molar-refractivity contribution in [3.05, 3.63) is 5.69 Å². The number of rotatable bonds is 30. The summed E-state index contributed by atoms with van der Waals surface area (Å²) in [6.07, 6.45) is 23.4. The number of unbranched alkanes of at least 4 members (excludes halogenated alkanes) is 14. The molecule has 0 amide bonds. The number of aldehydes is 1. The van der Waals surface area contributed by atoms with Crippen LogP contribution in [0.4, 0.5) is 5.82 Å². The molecule has 0 bridgehead atoms. The van der Waals surface area contributed by atoms with Crippen molar-refractivity contribution in [2.75, 3.05) is 31.9 Å². The summed E-state index contributed by atoms with van der Waals surface area (Å²) in [5.41, 5.74) is 7.93. The van der Waals surface area contributed by atoms with Gasteiger partial charge in [-0.05, 0) is 81.3 Å². The summed E-state index contributed by atoms with van der Waals surface area (Å²) in [4.78, 5) is 29.7. The number of nitrogens with zero attached hydrogens (tertiary/aromatic N) is 4. The Morgan fingerprint density at radius 2 is 1.52 bits per heavy atom. The SMILES string of the molecule is CCCCCCCCC(CC)OC(=O)CCCCCCCN(CCCCCCCC=O)CCCN=C(NO)c1nonc1N. The summed E-state index contributed by atoms with van der Waals surface area (Å²) in [5, 5.41) is 16.6. The molecule has 1 atom stereocenters. The standard InChI is InChI=1S/C33H62N6O5/c1-3-5-6-7-11-16-22-29(4-2)43-30(41)23-17-12-10-14-19-26-39(25-18-13-8-9-15-20-28-40)27-21-24-35-33(36-42)31-32(34)38-44-37-31/h28-29,42H,3-27H2,1-2H3,(H2,34,38)(H,35,36). The van der Waals surface area contributed by atoms with E-state index in [2.05, 4.69) is 38.7 Å². The number of amidine groups is 1. The third-order valence-electron chi connectivity index (χ3n) is 8.03. The van der Waals surface area contributed by atoms with E-state index in [1.54, 1.807) is 0 Å². The van der Waals surface area contributed by atoms with Gasteiger partial charge in [0.25, 0.3) is 0 Å². The molecule has 0 aromatic carbocycles. The van der Waals surface area contributed by atoms with E-state index >= 15 is 0 Å². The third-order valence-corrected chi connectivity index (χ3v) is 8.03. The Morgan fingerprint density at radius 1 is 0.909 bits per heavy atom. The third kappa shape index (κ3) is 20.4. The molecule has 11 heteroatoms. The second kappa shape index (κ2) is 28.0. The minimum atomic E-state index is -0.0371. The summed E-state index contributed by atoms with van der Waals surface area (Å²) < 4.78 is 10.3. The number of carbonyl (C=O) groups is 2. The zero-order valence-corrected chi connectivity index (χ0v) is 27.8. The van der Waals surface area contributed by atoms with Gasteiger partial charge >= 0.3 is 5.97 Å². The van der Waals surface area contributed by atoms with E-state index in [0.717, 1.165) is 109 Å². The lowest BCUT2D eigenvalue weighted by atomic mass is 10.1. The van der Waals surface area contributed by atoms with Crippen molar-refractivity contribution >= 4 is 23.9 Å². The number of hydrogen-bond acceptors (Lipinski definition) is 10. The van der Waals surface area contributed by atoms with Crippen molar-refractivity contribution in [2.45, 2.75) is 155 Å². The van der Waals surface area contributed by atoms with Crippen LogP contribution in [0.1, 0.15) is 154 Å². The van der Waals surface area contributed by atoms with Crippen LogP contribution in [0, 0.1) is 0 Å². The average Bonchev–Trinajstić information content (AvgIpc) is 3.45. The molecule has 1 unspecified atom stereocenters. The van der Waals surface area contributed by atoms with E-state index in [1.807, 2.05) is 5.48 Å². The highest BCUT2D eigenvalue weighted by Gasteiger charge is 2.14. The highest BCUT2D eigenvalue weighted by Crippen LogP contribution is 2.15.